The Hall–Kier alpha value is -1.14. The quantitative estimate of drug-likeness (QED) is 0.838. The van der Waals surface area contributed by atoms with Crippen LogP contribution in [0.3, 0.4) is 0 Å². The molecule has 0 unspecified atom stereocenters. The molecule has 17 heavy (non-hydrogen) atoms. The van der Waals surface area contributed by atoms with Crippen LogP contribution in [0.15, 0.2) is 28.2 Å². The first-order valence-electron chi connectivity index (χ1n) is 5.60. The van der Waals surface area contributed by atoms with E-state index in [1.54, 1.807) is 0 Å². The third kappa shape index (κ3) is 2.58. The van der Waals surface area contributed by atoms with Crippen molar-refractivity contribution in [3.8, 4) is 0 Å². The van der Waals surface area contributed by atoms with Gasteiger partial charge < -0.3 is 4.98 Å². The Bertz CT molecular complexity index is 558. The van der Waals surface area contributed by atoms with Crippen LogP contribution >= 0.6 is 0 Å². The number of pyridine rings is 1. The molecule has 5 nitrogen and oxygen atoms in total. The van der Waals surface area contributed by atoms with Gasteiger partial charge >= 0.3 is 0 Å². The molecule has 1 aromatic heterocycles. The molecular weight excluding hydrogens is 240 g/mol. The second-order valence-electron chi connectivity index (χ2n) is 4.86. The molecule has 0 atom stereocenters. The van der Waals surface area contributed by atoms with Crippen molar-refractivity contribution in [1.82, 2.24) is 9.71 Å². The van der Waals surface area contributed by atoms with Crippen LogP contribution in [-0.4, -0.2) is 19.9 Å². The van der Waals surface area contributed by atoms with Gasteiger partial charge in [0.05, 0.1) is 0 Å². The Morgan fingerprint density at radius 3 is 2.71 bits per heavy atom. The third-order valence-corrected chi connectivity index (χ3v) is 4.75. The molecule has 1 aliphatic rings. The van der Waals surface area contributed by atoms with E-state index in [-0.39, 0.29) is 10.3 Å². The van der Waals surface area contributed by atoms with Gasteiger partial charge in [-0.3, -0.25) is 4.79 Å². The van der Waals surface area contributed by atoms with Gasteiger partial charge in [0.2, 0.25) is 15.5 Å². The zero-order chi connectivity index (χ0) is 12.5. The third-order valence-electron chi connectivity index (χ3n) is 3.33. The summed E-state index contributed by atoms with van der Waals surface area (Å²) in [6, 6.07) is 1.21. The van der Waals surface area contributed by atoms with E-state index < -0.39 is 15.5 Å². The molecule has 1 aliphatic carbocycles. The van der Waals surface area contributed by atoms with Crippen molar-refractivity contribution in [2.75, 3.05) is 6.54 Å². The lowest BCUT2D eigenvalue weighted by molar-refractivity contribution is 0.166. The molecule has 0 amide bonds. The molecule has 2 N–H and O–H groups in total. The Labute approximate surface area is 100 Å². The summed E-state index contributed by atoms with van der Waals surface area (Å²) in [5.74, 6) is 0. The predicted octanol–water partition coefficient (Wildman–Crippen LogP) is 0.843. The van der Waals surface area contributed by atoms with Crippen molar-refractivity contribution in [2.45, 2.75) is 31.1 Å². The SMILES string of the molecule is CC1(CNS(=O)(=O)c2c[nH]ccc2=O)CCC1. The van der Waals surface area contributed by atoms with E-state index in [1.165, 1.54) is 18.5 Å². The van der Waals surface area contributed by atoms with Gasteiger partial charge in [0, 0.05) is 25.0 Å². The van der Waals surface area contributed by atoms with Crippen molar-refractivity contribution in [3.05, 3.63) is 28.7 Å². The molecule has 0 aromatic carbocycles. The monoisotopic (exact) mass is 256 g/mol. The molecular formula is C11H16N2O3S. The molecule has 94 valence electrons. The largest absolute Gasteiger partial charge is 0.366 e. The topological polar surface area (TPSA) is 79.0 Å². The molecule has 0 saturated heterocycles. The zero-order valence-corrected chi connectivity index (χ0v) is 10.5. The molecule has 2 rings (SSSR count). The van der Waals surface area contributed by atoms with E-state index in [0.29, 0.717) is 6.54 Å². The Kier molecular flexibility index (Phi) is 3.09. The number of H-pyrrole nitrogens is 1. The number of sulfonamides is 1. The molecule has 0 bridgehead atoms. The fourth-order valence-corrected chi connectivity index (χ4v) is 3.17. The number of hydrogen-bond acceptors (Lipinski definition) is 3. The van der Waals surface area contributed by atoms with E-state index in [9.17, 15) is 13.2 Å². The van der Waals surface area contributed by atoms with Gasteiger partial charge in [-0.2, -0.15) is 0 Å². The number of aromatic nitrogens is 1. The summed E-state index contributed by atoms with van der Waals surface area (Å²) in [4.78, 5) is 13.8. The molecule has 1 heterocycles. The van der Waals surface area contributed by atoms with E-state index in [0.717, 1.165) is 19.3 Å². The average Bonchev–Trinajstić information content (AvgIpc) is 2.24. The molecule has 1 fully saturated rings. The van der Waals surface area contributed by atoms with Crippen LogP contribution in [0.1, 0.15) is 26.2 Å². The second-order valence-corrected chi connectivity index (χ2v) is 6.60. The number of aromatic amines is 1. The van der Waals surface area contributed by atoms with Crippen molar-refractivity contribution >= 4 is 10.0 Å². The van der Waals surface area contributed by atoms with Gasteiger partial charge in [0.15, 0.2) is 0 Å². The fraction of sp³-hybridized carbons (Fsp3) is 0.545. The minimum Gasteiger partial charge on any atom is -0.366 e. The molecule has 0 aliphatic heterocycles. The lowest BCUT2D eigenvalue weighted by Gasteiger charge is -2.38. The Morgan fingerprint density at radius 1 is 1.47 bits per heavy atom. The van der Waals surface area contributed by atoms with Crippen molar-refractivity contribution in [2.24, 2.45) is 5.41 Å². The maximum atomic E-state index is 11.9. The normalized spacial score (nSPS) is 18.6. The summed E-state index contributed by atoms with van der Waals surface area (Å²) < 4.78 is 26.3. The van der Waals surface area contributed by atoms with Gasteiger partial charge in [0.25, 0.3) is 0 Å². The molecule has 0 radical (unpaired) electrons. The Balaban J connectivity index is 2.14. The standard InChI is InChI=1S/C11H16N2O3S/c1-11(4-2-5-11)8-13-17(15,16)10-7-12-6-3-9(10)14/h3,6-7,13H,2,4-5,8H2,1H3,(H,12,14). The van der Waals surface area contributed by atoms with E-state index in [4.69, 9.17) is 0 Å². The minimum atomic E-state index is -3.69. The van der Waals surface area contributed by atoms with E-state index in [1.807, 2.05) is 6.92 Å². The first-order valence-corrected chi connectivity index (χ1v) is 7.08. The van der Waals surface area contributed by atoms with Crippen molar-refractivity contribution in [1.29, 1.82) is 0 Å². The van der Waals surface area contributed by atoms with Crippen LogP contribution in [-0.2, 0) is 10.0 Å². The van der Waals surface area contributed by atoms with Crippen LogP contribution in [0.2, 0.25) is 0 Å². The molecule has 0 spiro atoms. The second kappa shape index (κ2) is 4.27. The lowest BCUT2D eigenvalue weighted by atomic mass is 9.71. The highest BCUT2D eigenvalue weighted by molar-refractivity contribution is 7.89. The molecule has 1 aromatic rings. The highest BCUT2D eigenvalue weighted by Crippen LogP contribution is 2.39. The Morgan fingerprint density at radius 2 is 2.18 bits per heavy atom. The van der Waals surface area contributed by atoms with Crippen LogP contribution in [0.25, 0.3) is 0 Å². The van der Waals surface area contributed by atoms with Crippen LogP contribution < -0.4 is 10.2 Å². The van der Waals surface area contributed by atoms with Gasteiger partial charge in [-0.1, -0.05) is 13.3 Å². The van der Waals surface area contributed by atoms with E-state index in [2.05, 4.69) is 9.71 Å². The van der Waals surface area contributed by atoms with Crippen LogP contribution in [0.5, 0.6) is 0 Å². The van der Waals surface area contributed by atoms with Crippen LogP contribution in [0, 0.1) is 5.41 Å². The number of rotatable bonds is 4. The number of hydrogen-bond donors (Lipinski definition) is 2. The summed E-state index contributed by atoms with van der Waals surface area (Å²) in [5, 5.41) is 0. The fourth-order valence-electron chi connectivity index (χ4n) is 1.91. The van der Waals surface area contributed by atoms with Gasteiger partial charge in [0.1, 0.15) is 4.90 Å². The summed E-state index contributed by atoms with van der Waals surface area (Å²) in [7, 11) is -3.69. The first kappa shape index (κ1) is 12.3. The summed E-state index contributed by atoms with van der Waals surface area (Å²) >= 11 is 0. The minimum absolute atomic E-state index is 0.0502. The van der Waals surface area contributed by atoms with Crippen LogP contribution in [0.4, 0.5) is 0 Å². The molecule has 1 saturated carbocycles. The van der Waals surface area contributed by atoms with Gasteiger partial charge in [-0.25, -0.2) is 13.1 Å². The number of nitrogens with one attached hydrogen (secondary N) is 2. The zero-order valence-electron chi connectivity index (χ0n) is 9.69. The van der Waals surface area contributed by atoms with Gasteiger partial charge in [-0.15, -0.1) is 0 Å². The highest BCUT2D eigenvalue weighted by Gasteiger charge is 2.33. The lowest BCUT2D eigenvalue weighted by Crippen LogP contribution is -2.40. The summed E-state index contributed by atoms with van der Waals surface area (Å²) in [5.41, 5.74) is -0.441. The average molecular weight is 256 g/mol. The van der Waals surface area contributed by atoms with Crippen molar-refractivity contribution < 1.29 is 8.42 Å². The maximum Gasteiger partial charge on any atom is 0.245 e. The summed E-state index contributed by atoms with van der Waals surface area (Å²) in [6.45, 7) is 2.44. The maximum absolute atomic E-state index is 11.9. The smallest absolute Gasteiger partial charge is 0.245 e. The first-order chi connectivity index (χ1) is 7.93. The highest BCUT2D eigenvalue weighted by atomic mass is 32.2. The molecule has 6 heteroatoms. The van der Waals surface area contributed by atoms with Crippen molar-refractivity contribution in [3.63, 3.8) is 0 Å². The van der Waals surface area contributed by atoms with E-state index >= 15 is 0 Å². The predicted molar refractivity (Wildman–Crippen MR) is 64.2 cm³/mol. The summed E-state index contributed by atoms with van der Waals surface area (Å²) in [6.07, 6.45) is 5.83. The van der Waals surface area contributed by atoms with Gasteiger partial charge in [-0.05, 0) is 18.3 Å².